The number of piperidine rings is 1. The Bertz CT molecular complexity index is 1260. The molecule has 0 radical (unpaired) electrons. The highest BCUT2D eigenvalue weighted by molar-refractivity contribution is 5.94. The van der Waals surface area contributed by atoms with Crippen LogP contribution in [0.1, 0.15) is 49.3 Å². The maximum atomic E-state index is 14.3. The first-order valence-electron chi connectivity index (χ1n) is 14.6. The average Bonchev–Trinajstić information content (AvgIpc) is 3.41. The number of carbonyl (C=O) groups is 3. The van der Waals surface area contributed by atoms with Crippen molar-refractivity contribution >= 4 is 17.9 Å². The molecule has 0 bridgehead atoms. The molecule has 2 aromatic rings. The fourth-order valence-electron chi connectivity index (χ4n) is 5.70. The molecular formula is C29H40F2N6O6. The highest BCUT2D eigenvalue weighted by atomic mass is 19.1. The Morgan fingerprint density at radius 3 is 2.42 bits per heavy atom. The van der Waals surface area contributed by atoms with E-state index in [1.54, 1.807) is 16.9 Å². The van der Waals surface area contributed by atoms with Gasteiger partial charge in [0.2, 0.25) is 5.91 Å². The van der Waals surface area contributed by atoms with Crippen LogP contribution in [-0.4, -0.2) is 118 Å². The molecule has 2 atom stereocenters. The molecule has 2 aliphatic rings. The van der Waals surface area contributed by atoms with Gasteiger partial charge in [-0.05, 0) is 43.7 Å². The minimum atomic E-state index is -1.17. The topological polar surface area (TPSA) is 130 Å². The van der Waals surface area contributed by atoms with Crippen LogP contribution in [0.2, 0.25) is 0 Å². The zero-order valence-electron chi connectivity index (χ0n) is 24.9. The maximum Gasteiger partial charge on any atom is 0.407 e. The predicted molar refractivity (Wildman–Crippen MR) is 151 cm³/mol. The van der Waals surface area contributed by atoms with Crippen molar-refractivity contribution in [2.24, 2.45) is 11.8 Å². The van der Waals surface area contributed by atoms with E-state index in [9.17, 15) is 28.3 Å². The van der Waals surface area contributed by atoms with Crippen LogP contribution in [0.25, 0.3) is 5.69 Å². The number of aromatic nitrogens is 3. The monoisotopic (exact) mass is 606 g/mol. The van der Waals surface area contributed by atoms with Crippen LogP contribution in [0.3, 0.4) is 0 Å². The average molecular weight is 607 g/mol. The molecule has 1 aromatic carbocycles. The largest absolute Gasteiger partial charge is 0.465 e. The van der Waals surface area contributed by atoms with Crippen LogP contribution in [0, 0.1) is 23.5 Å². The first-order chi connectivity index (χ1) is 20.6. The standard InChI is InChI=1S/C29H40F2N6O6/c1-19(2)16-36(24-12-20(17-35(18-24)29(40)41)27(38)34-7-10-43-11-8-34)28(39)26-25(6-4-5-9-42-3)37(33-32-26)23-14-21(30)13-22(31)15-23/h13-15,19-20,24H,4-12,16-18H2,1-3H3,(H,40,41)/t20-,24+/m1/s1. The lowest BCUT2D eigenvalue weighted by atomic mass is 9.91. The Labute approximate surface area is 249 Å². The summed E-state index contributed by atoms with van der Waals surface area (Å²) in [5, 5.41) is 18.2. The van der Waals surface area contributed by atoms with Crippen LogP contribution >= 0.6 is 0 Å². The summed E-state index contributed by atoms with van der Waals surface area (Å²) < 4.78 is 40.0. The third kappa shape index (κ3) is 8.05. The van der Waals surface area contributed by atoms with Gasteiger partial charge in [-0.25, -0.2) is 18.3 Å². The third-order valence-corrected chi connectivity index (χ3v) is 7.70. The molecule has 1 N–H and O–H groups in total. The van der Waals surface area contributed by atoms with E-state index >= 15 is 0 Å². The van der Waals surface area contributed by atoms with Crippen molar-refractivity contribution < 1.29 is 37.7 Å². The maximum absolute atomic E-state index is 14.3. The first-order valence-corrected chi connectivity index (χ1v) is 14.6. The van der Waals surface area contributed by atoms with Crippen LogP contribution in [0.5, 0.6) is 0 Å². The number of carboxylic acid groups (broad SMARTS) is 1. The van der Waals surface area contributed by atoms with Crippen molar-refractivity contribution in [1.82, 2.24) is 29.7 Å². The Morgan fingerprint density at radius 1 is 1.09 bits per heavy atom. The van der Waals surface area contributed by atoms with Gasteiger partial charge in [0.1, 0.15) is 11.6 Å². The van der Waals surface area contributed by atoms with Gasteiger partial charge in [0.25, 0.3) is 5.91 Å². The molecule has 2 aliphatic heterocycles. The molecule has 4 rings (SSSR count). The molecule has 0 aliphatic carbocycles. The number of amides is 3. The van der Waals surface area contributed by atoms with E-state index in [4.69, 9.17) is 9.47 Å². The van der Waals surface area contributed by atoms with E-state index in [1.807, 2.05) is 13.8 Å². The Balaban J connectivity index is 1.68. The summed E-state index contributed by atoms with van der Waals surface area (Å²) in [5.74, 6) is -2.85. The molecule has 0 unspecified atom stereocenters. The number of rotatable bonds is 11. The molecule has 12 nitrogen and oxygen atoms in total. The summed E-state index contributed by atoms with van der Waals surface area (Å²) in [4.78, 5) is 44.3. The highest BCUT2D eigenvalue weighted by Gasteiger charge is 2.41. The number of methoxy groups -OCH3 is 1. The van der Waals surface area contributed by atoms with Crippen LogP contribution in [-0.2, 0) is 20.7 Å². The normalized spacial score (nSPS) is 19.1. The van der Waals surface area contributed by atoms with Gasteiger partial charge in [-0.3, -0.25) is 9.59 Å². The third-order valence-electron chi connectivity index (χ3n) is 7.70. The summed E-state index contributed by atoms with van der Waals surface area (Å²) >= 11 is 0. The number of hydrogen-bond acceptors (Lipinski definition) is 7. The van der Waals surface area contributed by atoms with Gasteiger partial charge >= 0.3 is 6.09 Å². The van der Waals surface area contributed by atoms with Crippen molar-refractivity contribution in [3.8, 4) is 5.69 Å². The van der Waals surface area contributed by atoms with E-state index < -0.39 is 35.6 Å². The number of halogens is 2. The second-order valence-electron chi connectivity index (χ2n) is 11.4. The lowest BCUT2D eigenvalue weighted by Crippen LogP contribution is -2.58. The molecule has 43 heavy (non-hydrogen) atoms. The van der Waals surface area contributed by atoms with E-state index in [2.05, 4.69) is 10.3 Å². The van der Waals surface area contributed by atoms with Gasteiger partial charge in [-0.1, -0.05) is 19.1 Å². The van der Waals surface area contributed by atoms with Gasteiger partial charge < -0.3 is 29.3 Å². The van der Waals surface area contributed by atoms with Gasteiger partial charge in [0, 0.05) is 52.5 Å². The molecule has 2 fully saturated rings. The van der Waals surface area contributed by atoms with E-state index in [1.165, 1.54) is 9.58 Å². The van der Waals surface area contributed by atoms with Crippen LogP contribution in [0.4, 0.5) is 13.6 Å². The second-order valence-corrected chi connectivity index (χ2v) is 11.4. The summed E-state index contributed by atoms with van der Waals surface area (Å²) in [6.45, 7) is 6.41. The molecule has 14 heteroatoms. The molecule has 0 spiro atoms. The lowest BCUT2D eigenvalue weighted by molar-refractivity contribution is -0.142. The summed E-state index contributed by atoms with van der Waals surface area (Å²) in [7, 11) is 1.59. The quantitative estimate of drug-likeness (QED) is 0.387. The number of morpholine rings is 1. The highest BCUT2D eigenvalue weighted by Crippen LogP contribution is 2.27. The summed E-state index contributed by atoms with van der Waals surface area (Å²) in [6, 6.07) is 2.38. The summed E-state index contributed by atoms with van der Waals surface area (Å²) in [6.07, 6.45) is 0.708. The fourth-order valence-corrected chi connectivity index (χ4v) is 5.70. The number of benzene rings is 1. The van der Waals surface area contributed by atoms with Crippen molar-refractivity contribution in [3.63, 3.8) is 0 Å². The summed E-state index contributed by atoms with van der Waals surface area (Å²) in [5.41, 5.74) is 0.491. The van der Waals surface area contributed by atoms with Crippen molar-refractivity contribution in [2.75, 3.05) is 59.7 Å². The fraction of sp³-hybridized carbons (Fsp3) is 0.621. The molecule has 3 amide bonds. The minimum Gasteiger partial charge on any atom is -0.465 e. The number of likely N-dealkylation sites (tertiary alicyclic amines) is 1. The van der Waals surface area contributed by atoms with Crippen molar-refractivity contribution in [1.29, 1.82) is 0 Å². The minimum absolute atomic E-state index is 0.00932. The molecule has 1 aromatic heterocycles. The number of unbranched alkanes of at least 4 members (excludes halogenated alkanes) is 1. The Kier molecular flexibility index (Phi) is 11.0. The van der Waals surface area contributed by atoms with Crippen LogP contribution < -0.4 is 0 Å². The van der Waals surface area contributed by atoms with Crippen molar-refractivity contribution in [3.05, 3.63) is 41.2 Å². The Hall–Kier alpha value is -3.65. The molecule has 3 heterocycles. The van der Waals surface area contributed by atoms with E-state index in [-0.39, 0.29) is 49.3 Å². The van der Waals surface area contributed by atoms with E-state index in [0.29, 0.717) is 57.9 Å². The number of carbonyl (C=O) groups excluding carboxylic acids is 2. The van der Waals surface area contributed by atoms with Gasteiger partial charge in [0.05, 0.1) is 36.6 Å². The zero-order valence-corrected chi connectivity index (χ0v) is 24.9. The number of ether oxygens (including phenoxy) is 2. The second kappa shape index (κ2) is 14.7. The molecule has 236 valence electrons. The van der Waals surface area contributed by atoms with Gasteiger partial charge in [0.15, 0.2) is 5.69 Å². The Morgan fingerprint density at radius 2 is 1.79 bits per heavy atom. The van der Waals surface area contributed by atoms with Gasteiger partial charge in [-0.2, -0.15) is 0 Å². The molecular weight excluding hydrogens is 566 g/mol. The molecule has 2 saturated heterocycles. The smallest absolute Gasteiger partial charge is 0.407 e. The number of nitrogens with zero attached hydrogens (tertiary/aromatic N) is 6. The lowest BCUT2D eigenvalue weighted by Gasteiger charge is -2.43. The number of hydrogen-bond donors (Lipinski definition) is 1. The zero-order chi connectivity index (χ0) is 31.1. The first kappa shape index (κ1) is 32.3. The predicted octanol–water partition coefficient (Wildman–Crippen LogP) is 2.84. The van der Waals surface area contributed by atoms with E-state index in [0.717, 1.165) is 18.2 Å². The van der Waals surface area contributed by atoms with Gasteiger partial charge in [-0.15, -0.1) is 5.10 Å². The van der Waals surface area contributed by atoms with Crippen molar-refractivity contribution in [2.45, 2.75) is 45.6 Å². The SMILES string of the molecule is COCCCCc1c(C(=O)N(CC(C)C)[C@H]2C[C@@H](C(=O)N3CCOCC3)CN(C(=O)O)C2)nnn1-c1cc(F)cc(F)c1. The van der Waals surface area contributed by atoms with Crippen LogP contribution in [0.15, 0.2) is 18.2 Å². The molecule has 0 saturated carbocycles.